The van der Waals surface area contributed by atoms with Crippen molar-refractivity contribution in [1.29, 1.82) is 0 Å². The quantitative estimate of drug-likeness (QED) is 0.584. The molecular weight excluding hydrogens is 244 g/mol. The van der Waals surface area contributed by atoms with Gasteiger partial charge in [-0.25, -0.2) is 0 Å². The minimum atomic E-state index is -0.298. The number of nitrogens with zero attached hydrogens (tertiary/aromatic N) is 1. The first kappa shape index (κ1) is 15.9. The minimum absolute atomic E-state index is 0.0364. The molecule has 2 amide bonds. The normalized spacial score (nSPS) is 19.1. The maximum absolute atomic E-state index is 11.8. The van der Waals surface area contributed by atoms with Gasteiger partial charge in [-0.2, -0.15) is 0 Å². The molecular formula is C13H26N4O2. The van der Waals surface area contributed by atoms with Crippen LogP contribution in [0.25, 0.3) is 0 Å². The van der Waals surface area contributed by atoms with E-state index in [4.69, 9.17) is 11.5 Å². The molecule has 6 nitrogen and oxygen atoms in total. The Labute approximate surface area is 114 Å². The highest BCUT2D eigenvalue weighted by Crippen LogP contribution is 2.10. The Morgan fingerprint density at radius 1 is 1.37 bits per heavy atom. The van der Waals surface area contributed by atoms with Gasteiger partial charge in [0.25, 0.3) is 0 Å². The monoisotopic (exact) mass is 270 g/mol. The second-order valence-electron chi connectivity index (χ2n) is 5.34. The number of likely N-dealkylation sites (tertiary alicyclic amines) is 1. The molecule has 0 aliphatic carbocycles. The van der Waals surface area contributed by atoms with Crippen LogP contribution in [-0.2, 0) is 9.59 Å². The average Bonchev–Trinajstić information content (AvgIpc) is 2.31. The lowest BCUT2D eigenvalue weighted by Crippen LogP contribution is -2.47. The van der Waals surface area contributed by atoms with Gasteiger partial charge in [0.1, 0.15) is 0 Å². The topological polar surface area (TPSA) is 101 Å². The van der Waals surface area contributed by atoms with Crippen molar-refractivity contribution >= 4 is 11.8 Å². The van der Waals surface area contributed by atoms with Crippen molar-refractivity contribution in [2.75, 3.05) is 19.6 Å². The zero-order valence-electron chi connectivity index (χ0n) is 11.7. The highest BCUT2D eigenvalue weighted by atomic mass is 16.2. The summed E-state index contributed by atoms with van der Waals surface area (Å²) in [5, 5.41) is 3.02. The molecule has 0 aromatic heterocycles. The molecule has 0 saturated carbocycles. The molecule has 19 heavy (non-hydrogen) atoms. The molecule has 1 fully saturated rings. The predicted molar refractivity (Wildman–Crippen MR) is 74.3 cm³/mol. The van der Waals surface area contributed by atoms with Crippen LogP contribution in [0.4, 0.5) is 0 Å². The first-order valence-electron chi connectivity index (χ1n) is 7.06. The van der Waals surface area contributed by atoms with E-state index in [2.05, 4.69) is 12.2 Å². The smallest absolute Gasteiger partial charge is 0.231 e. The van der Waals surface area contributed by atoms with Crippen LogP contribution < -0.4 is 16.8 Å². The van der Waals surface area contributed by atoms with Gasteiger partial charge in [-0.3, -0.25) is 14.5 Å². The van der Waals surface area contributed by atoms with Gasteiger partial charge in [0.05, 0.1) is 6.54 Å². The standard InChI is InChI=1S/C13H26N4O2/c1-2-3-10(14)8-13(19)16-11-4-6-17(7-5-11)9-12(15)18/h10-11H,2-9,14H2,1H3,(H2,15,18)(H,16,19). The van der Waals surface area contributed by atoms with E-state index in [0.29, 0.717) is 13.0 Å². The number of piperidine rings is 1. The van der Waals surface area contributed by atoms with Crippen LogP contribution >= 0.6 is 0 Å². The van der Waals surface area contributed by atoms with Gasteiger partial charge in [-0.1, -0.05) is 13.3 Å². The molecule has 6 heteroatoms. The zero-order chi connectivity index (χ0) is 14.3. The molecule has 1 atom stereocenters. The predicted octanol–water partition coefficient (Wildman–Crippen LogP) is -0.430. The van der Waals surface area contributed by atoms with Crippen LogP contribution in [0.15, 0.2) is 0 Å². The first-order valence-corrected chi connectivity index (χ1v) is 7.06. The molecule has 1 unspecified atom stereocenters. The Bertz CT molecular complexity index is 301. The largest absolute Gasteiger partial charge is 0.369 e. The molecule has 110 valence electrons. The Balaban J connectivity index is 2.21. The second-order valence-corrected chi connectivity index (χ2v) is 5.34. The van der Waals surface area contributed by atoms with Gasteiger partial charge in [-0.05, 0) is 19.3 Å². The Hall–Kier alpha value is -1.14. The van der Waals surface area contributed by atoms with E-state index in [-0.39, 0.29) is 23.9 Å². The Morgan fingerprint density at radius 3 is 2.53 bits per heavy atom. The molecule has 1 aliphatic rings. The molecule has 0 aromatic carbocycles. The summed E-state index contributed by atoms with van der Waals surface area (Å²) in [5.41, 5.74) is 11.0. The summed E-state index contributed by atoms with van der Waals surface area (Å²) in [4.78, 5) is 24.6. The molecule has 1 rings (SSSR count). The van der Waals surface area contributed by atoms with Crippen molar-refractivity contribution in [2.24, 2.45) is 11.5 Å². The highest BCUT2D eigenvalue weighted by molar-refractivity contribution is 5.77. The summed E-state index contributed by atoms with van der Waals surface area (Å²) in [6, 6.07) is 0.158. The third-order valence-electron chi connectivity index (χ3n) is 3.44. The maximum Gasteiger partial charge on any atom is 0.231 e. The van der Waals surface area contributed by atoms with Gasteiger partial charge < -0.3 is 16.8 Å². The fourth-order valence-electron chi connectivity index (χ4n) is 2.45. The Morgan fingerprint density at radius 2 is 2.00 bits per heavy atom. The van der Waals surface area contributed by atoms with E-state index in [1.54, 1.807) is 0 Å². The van der Waals surface area contributed by atoms with Crippen molar-refractivity contribution in [3.8, 4) is 0 Å². The van der Waals surface area contributed by atoms with E-state index >= 15 is 0 Å². The second kappa shape index (κ2) is 8.12. The molecule has 1 aliphatic heterocycles. The van der Waals surface area contributed by atoms with E-state index < -0.39 is 0 Å². The van der Waals surface area contributed by atoms with E-state index in [1.807, 2.05) is 4.90 Å². The number of hydrogen-bond donors (Lipinski definition) is 3. The van der Waals surface area contributed by atoms with Gasteiger partial charge >= 0.3 is 0 Å². The summed E-state index contributed by atoms with van der Waals surface area (Å²) in [7, 11) is 0. The fourth-order valence-corrected chi connectivity index (χ4v) is 2.45. The SMILES string of the molecule is CCCC(N)CC(=O)NC1CCN(CC(N)=O)CC1. The molecule has 0 aromatic rings. The number of nitrogens with one attached hydrogen (secondary N) is 1. The van der Waals surface area contributed by atoms with E-state index in [9.17, 15) is 9.59 Å². The van der Waals surface area contributed by atoms with Crippen LogP contribution in [0.5, 0.6) is 0 Å². The Kier molecular flexibility index (Phi) is 6.80. The van der Waals surface area contributed by atoms with Crippen LogP contribution in [0.2, 0.25) is 0 Å². The zero-order valence-corrected chi connectivity index (χ0v) is 11.7. The van der Waals surface area contributed by atoms with Gasteiger partial charge in [0, 0.05) is 31.6 Å². The van der Waals surface area contributed by atoms with Gasteiger partial charge in [-0.15, -0.1) is 0 Å². The van der Waals surface area contributed by atoms with Crippen molar-refractivity contribution in [1.82, 2.24) is 10.2 Å². The van der Waals surface area contributed by atoms with Crippen LogP contribution in [-0.4, -0.2) is 48.4 Å². The maximum atomic E-state index is 11.8. The van der Waals surface area contributed by atoms with Crippen LogP contribution in [0.3, 0.4) is 0 Å². The lowest BCUT2D eigenvalue weighted by atomic mass is 10.0. The van der Waals surface area contributed by atoms with Crippen LogP contribution in [0, 0.1) is 0 Å². The van der Waals surface area contributed by atoms with E-state index in [1.165, 1.54) is 0 Å². The molecule has 0 radical (unpaired) electrons. The lowest BCUT2D eigenvalue weighted by Gasteiger charge is -2.31. The number of hydrogen-bond acceptors (Lipinski definition) is 4. The number of nitrogens with two attached hydrogens (primary N) is 2. The minimum Gasteiger partial charge on any atom is -0.369 e. The number of primary amides is 1. The molecule has 5 N–H and O–H groups in total. The van der Waals surface area contributed by atoms with Crippen molar-refractivity contribution < 1.29 is 9.59 Å². The summed E-state index contributed by atoms with van der Waals surface area (Å²) in [6.07, 6.45) is 4.00. The third kappa shape index (κ3) is 6.54. The lowest BCUT2D eigenvalue weighted by molar-refractivity contribution is -0.123. The summed E-state index contributed by atoms with van der Waals surface area (Å²) in [6.45, 7) is 3.97. The highest BCUT2D eigenvalue weighted by Gasteiger charge is 2.21. The van der Waals surface area contributed by atoms with E-state index in [0.717, 1.165) is 38.8 Å². The van der Waals surface area contributed by atoms with Crippen molar-refractivity contribution in [3.05, 3.63) is 0 Å². The summed E-state index contributed by atoms with van der Waals surface area (Å²) >= 11 is 0. The van der Waals surface area contributed by atoms with Gasteiger partial charge in [0.15, 0.2) is 0 Å². The van der Waals surface area contributed by atoms with Gasteiger partial charge in [0.2, 0.25) is 11.8 Å². The number of carbonyl (C=O) groups is 2. The number of carbonyl (C=O) groups excluding carboxylic acids is 2. The first-order chi connectivity index (χ1) is 9.01. The average molecular weight is 270 g/mol. The molecule has 0 bridgehead atoms. The molecule has 1 heterocycles. The van der Waals surface area contributed by atoms with Crippen molar-refractivity contribution in [2.45, 2.75) is 51.1 Å². The number of amides is 2. The summed E-state index contributed by atoms with van der Waals surface area (Å²) in [5.74, 6) is -0.262. The van der Waals surface area contributed by atoms with Crippen molar-refractivity contribution in [3.63, 3.8) is 0 Å². The molecule has 1 saturated heterocycles. The summed E-state index contributed by atoms with van der Waals surface area (Å²) < 4.78 is 0. The third-order valence-corrected chi connectivity index (χ3v) is 3.44. The number of rotatable bonds is 7. The fraction of sp³-hybridized carbons (Fsp3) is 0.846. The van der Waals surface area contributed by atoms with Crippen LogP contribution in [0.1, 0.15) is 39.0 Å². The molecule has 0 spiro atoms.